The fraction of sp³-hybridized carbons (Fsp3) is 0.350. The molecule has 0 aliphatic heterocycles. The lowest BCUT2D eigenvalue weighted by atomic mass is 9.75. The summed E-state index contributed by atoms with van der Waals surface area (Å²) in [5.74, 6) is 0.971. The van der Waals surface area contributed by atoms with Gasteiger partial charge < -0.3 is 14.2 Å². The zero-order chi connectivity index (χ0) is 20.4. The average molecular weight is 450 g/mol. The topological polar surface area (TPSA) is 87.9 Å². The van der Waals surface area contributed by atoms with Gasteiger partial charge in [0.25, 0.3) is 5.70 Å². The summed E-state index contributed by atoms with van der Waals surface area (Å²) < 4.78 is 16.8. The van der Waals surface area contributed by atoms with Crippen molar-refractivity contribution >= 4 is 27.8 Å². The number of carbonyl (C=O) groups excluding carboxylic acids is 1. The lowest BCUT2D eigenvalue weighted by molar-refractivity contribution is -0.420. The number of hydrogen-bond acceptors (Lipinski definition) is 6. The number of hydrogen-bond donors (Lipinski definition) is 0. The van der Waals surface area contributed by atoms with Crippen molar-refractivity contribution in [3.63, 3.8) is 0 Å². The van der Waals surface area contributed by atoms with Crippen molar-refractivity contribution in [2.75, 3.05) is 21.3 Å². The zero-order valence-electron chi connectivity index (χ0n) is 15.8. The van der Waals surface area contributed by atoms with Crippen LogP contribution in [0, 0.1) is 16.0 Å². The summed E-state index contributed by atoms with van der Waals surface area (Å²) >= 11 is 3.50. The number of fused-ring (bicyclic) bond motifs is 1. The first-order valence-corrected chi connectivity index (χ1v) is 9.51. The average Bonchev–Trinajstić information content (AvgIpc) is 2.70. The molecule has 1 atom stereocenters. The van der Waals surface area contributed by atoms with E-state index in [2.05, 4.69) is 15.9 Å². The number of carbonyl (C=O) groups is 1. The molecular weight excluding hydrogens is 430 g/mol. The molecule has 0 radical (unpaired) electrons. The van der Waals surface area contributed by atoms with E-state index in [9.17, 15) is 14.9 Å². The van der Waals surface area contributed by atoms with Crippen LogP contribution in [0.25, 0.3) is 6.08 Å². The maximum Gasteiger partial charge on any atom is 0.276 e. The molecule has 7 nitrogen and oxygen atoms in total. The monoisotopic (exact) mass is 449 g/mol. The Morgan fingerprint density at radius 2 is 1.93 bits per heavy atom. The number of benzene rings is 1. The molecule has 0 amide bonds. The lowest BCUT2D eigenvalue weighted by Crippen LogP contribution is -2.26. The third-order valence-electron chi connectivity index (χ3n) is 5.00. The van der Waals surface area contributed by atoms with E-state index < -0.39 is 4.92 Å². The molecule has 148 valence electrons. The fourth-order valence-corrected chi connectivity index (χ4v) is 4.24. The molecule has 0 spiro atoms. The van der Waals surface area contributed by atoms with E-state index in [0.717, 1.165) is 0 Å². The largest absolute Gasteiger partial charge is 0.493 e. The van der Waals surface area contributed by atoms with Crippen LogP contribution in [0.4, 0.5) is 0 Å². The highest BCUT2D eigenvalue weighted by Crippen LogP contribution is 2.46. The smallest absolute Gasteiger partial charge is 0.276 e. The van der Waals surface area contributed by atoms with Gasteiger partial charge in [0.05, 0.1) is 36.3 Å². The minimum absolute atomic E-state index is 0.0987. The van der Waals surface area contributed by atoms with Gasteiger partial charge in [-0.25, -0.2) is 0 Å². The van der Waals surface area contributed by atoms with Crippen LogP contribution in [-0.2, 0) is 4.79 Å². The van der Waals surface area contributed by atoms with Crippen molar-refractivity contribution in [3.8, 4) is 17.2 Å². The van der Waals surface area contributed by atoms with Crippen molar-refractivity contribution in [2.45, 2.75) is 19.3 Å². The van der Waals surface area contributed by atoms with E-state index >= 15 is 0 Å². The Bertz CT molecular complexity index is 931. The molecule has 1 fully saturated rings. The maximum atomic E-state index is 13.1. The summed E-state index contributed by atoms with van der Waals surface area (Å²) in [7, 11) is 4.54. The van der Waals surface area contributed by atoms with E-state index in [1.165, 1.54) is 27.4 Å². The Hall–Kier alpha value is -2.61. The summed E-state index contributed by atoms with van der Waals surface area (Å²) in [6.07, 6.45) is 6.83. The molecule has 1 unspecified atom stereocenters. The SMILES string of the molecule is COc1cc(C=C2CCC3CC=CC([N+](=O)[O-])=C3C2=O)c(Br)c(OC)c1OC. The van der Waals surface area contributed by atoms with Gasteiger partial charge in [-0.1, -0.05) is 6.08 Å². The molecule has 1 saturated carbocycles. The number of nitro groups is 1. The number of ketones is 1. The fourth-order valence-electron chi connectivity index (χ4n) is 3.67. The molecule has 0 aromatic heterocycles. The van der Waals surface area contributed by atoms with Crippen molar-refractivity contribution in [2.24, 2.45) is 5.92 Å². The predicted octanol–water partition coefficient (Wildman–Crippen LogP) is 4.33. The Balaban J connectivity index is 2.11. The molecule has 8 heteroatoms. The van der Waals surface area contributed by atoms with Gasteiger partial charge in [-0.2, -0.15) is 0 Å². The Morgan fingerprint density at radius 3 is 2.54 bits per heavy atom. The van der Waals surface area contributed by atoms with Gasteiger partial charge in [-0.15, -0.1) is 0 Å². The van der Waals surface area contributed by atoms with Crippen LogP contribution >= 0.6 is 15.9 Å². The highest BCUT2D eigenvalue weighted by molar-refractivity contribution is 9.10. The molecule has 1 aromatic carbocycles. The molecule has 0 bridgehead atoms. The van der Waals surface area contributed by atoms with Gasteiger partial charge in [-0.3, -0.25) is 14.9 Å². The quantitative estimate of drug-likeness (QED) is 0.377. The molecule has 1 aromatic rings. The number of ether oxygens (including phenoxy) is 3. The van der Waals surface area contributed by atoms with Crippen LogP contribution in [0.1, 0.15) is 24.8 Å². The Labute approximate surface area is 170 Å². The number of nitrogens with zero attached hydrogens (tertiary/aromatic N) is 1. The van der Waals surface area contributed by atoms with Crippen LogP contribution in [0.3, 0.4) is 0 Å². The highest BCUT2D eigenvalue weighted by Gasteiger charge is 2.37. The first-order valence-electron chi connectivity index (χ1n) is 8.71. The summed E-state index contributed by atoms with van der Waals surface area (Å²) in [4.78, 5) is 24.0. The Kier molecular flexibility index (Phi) is 5.88. The van der Waals surface area contributed by atoms with Crippen molar-refractivity contribution in [1.82, 2.24) is 0 Å². The van der Waals surface area contributed by atoms with Crippen LogP contribution < -0.4 is 14.2 Å². The minimum Gasteiger partial charge on any atom is -0.493 e. The normalized spacial score (nSPS) is 20.2. The maximum absolute atomic E-state index is 13.1. The standard InChI is InChI=1S/C20H20BrNO6/c1-26-15-10-13(17(21)20(28-3)19(15)27-2)9-12-8-7-11-5-4-6-14(22(24)25)16(11)18(12)23/h4,6,9-11H,5,7-8H2,1-3H3. The first kappa shape index (κ1) is 20.1. The minimum atomic E-state index is -0.478. The highest BCUT2D eigenvalue weighted by atomic mass is 79.9. The second-order valence-electron chi connectivity index (χ2n) is 6.48. The van der Waals surface area contributed by atoms with Gasteiger partial charge in [0.2, 0.25) is 5.75 Å². The van der Waals surface area contributed by atoms with Gasteiger partial charge in [0, 0.05) is 11.6 Å². The second kappa shape index (κ2) is 8.18. The van der Waals surface area contributed by atoms with E-state index in [4.69, 9.17) is 14.2 Å². The summed E-state index contributed by atoms with van der Waals surface area (Å²) in [5, 5.41) is 11.4. The molecule has 2 aliphatic rings. The van der Waals surface area contributed by atoms with E-state index in [1.54, 1.807) is 18.2 Å². The first-order chi connectivity index (χ1) is 13.4. The molecule has 3 rings (SSSR count). The van der Waals surface area contributed by atoms with Gasteiger partial charge in [-0.05, 0) is 58.8 Å². The molecule has 2 aliphatic carbocycles. The number of halogens is 1. The number of methoxy groups -OCH3 is 3. The third-order valence-corrected chi connectivity index (χ3v) is 5.82. The molecule has 0 heterocycles. The van der Waals surface area contributed by atoms with Crippen molar-refractivity contribution in [1.29, 1.82) is 0 Å². The van der Waals surface area contributed by atoms with Crippen LogP contribution in [0.15, 0.2) is 39.5 Å². The molecule has 0 saturated heterocycles. The van der Waals surface area contributed by atoms with Crippen LogP contribution in [-0.4, -0.2) is 32.0 Å². The Morgan fingerprint density at radius 1 is 1.21 bits per heavy atom. The van der Waals surface area contributed by atoms with E-state index in [1.807, 2.05) is 0 Å². The molecule has 0 N–H and O–H groups in total. The van der Waals surface area contributed by atoms with Gasteiger partial charge in [0.1, 0.15) is 0 Å². The number of Topliss-reactive ketones (excluding diaryl/α,β-unsaturated/α-hetero) is 1. The van der Waals surface area contributed by atoms with Crippen LogP contribution in [0.5, 0.6) is 17.2 Å². The summed E-state index contributed by atoms with van der Waals surface area (Å²) in [5.41, 5.74) is 1.39. The summed E-state index contributed by atoms with van der Waals surface area (Å²) in [6.45, 7) is 0. The third kappa shape index (κ3) is 3.44. The number of allylic oxidation sites excluding steroid dienone is 4. The van der Waals surface area contributed by atoms with E-state index in [0.29, 0.717) is 57.7 Å². The van der Waals surface area contributed by atoms with Gasteiger partial charge in [0.15, 0.2) is 17.3 Å². The van der Waals surface area contributed by atoms with Crippen molar-refractivity contribution in [3.05, 3.63) is 55.2 Å². The summed E-state index contributed by atoms with van der Waals surface area (Å²) in [6, 6.07) is 1.74. The number of rotatable bonds is 5. The van der Waals surface area contributed by atoms with Crippen LogP contribution in [0.2, 0.25) is 0 Å². The molecular formula is C20H20BrNO6. The molecule has 28 heavy (non-hydrogen) atoms. The lowest BCUT2D eigenvalue weighted by Gasteiger charge is -2.26. The van der Waals surface area contributed by atoms with Crippen molar-refractivity contribution < 1.29 is 23.9 Å². The van der Waals surface area contributed by atoms with Gasteiger partial charge >= 0.3 is 0 Å². The second-order valence-corrected chi connectivity index (χ2v) is 7.27. The predicted molar refractivity (Wildman–Crippen MR) is 107 cm³/mol. The van der Waals surface area contributed by atoms with E-state index in [-0.39, 0.29) is 17.4 Å². The zero-order valence-corrected chi connectivity index (χ0v) is 17.4.